The molecular weight excluding hydrogens is 358 g/mol. The molecule has 1 N–H and O–H groups in total. The van der Waals surface area contributed by atoms with Gasteiger partial charge in [0.05, 0.1) is 0 Å². The first-order valence-corrected chi connectivity index (χ1v) is 8.11. The van der Waals surface area contributed by atoms with Crippen molar-refractivity contribution in [3.8, 4) is 0 Å². The molecule has 0 aliphatic heterocycles. The number of carbonyl (C=O) groups excluding carboxylic acids is 4. The number of hydrogen-bond acceptors (Lipinski definition) is 8. The van der Waals surface area contributed by atoms with Gasteiger partial charge in [-0.1, -0.05) is 30.3 Å². The highest BCUT2D eigenvalue weighted by atomic mass is 16.6. The van der Waals surface area contributed by atoms with Gasteiger partial charge in [0.1, 0.15) is 32.0 Å². The van der Waals surface area contributed by atoms with Crippen molar-refractivity contribution in [1.82, 2.24) is 5.32 Å². The lowest BCUT2D eigenvalue weighted by molar-refractivity contribution is -0.153. The second-order valence-corrected chi connectivity index (χ2v) is 5.81. The van der Waals surface area contributed by atoms with Gasteiger partial charge in [-0.2, -0.15) is 0 Å². The lowest BCUT2D eigenvalue weighted by Crippen LogP contribution is -2.59. The molecule has 1 amide bonds. The Labute approximate surface area is 156 Å². The summed E-state index contributed by atoms with van der Waals surface area (Å²) in [7, 11) is 0. The Morgan fingerprint density at radius 3 is 1.63 bits per heavy atom. The van der Waals surface area contributed by atoms with Crippen LogP contribution >= 0.6 is 0 Å². The number of nitrogens with one attached hydrogen (secondary N) is 1. The standard InChI is InChI=1S/C18H23NO8/c1-13(20)25-10-18(11-26-14(2)21,12-27-15(3)22)19-17(23)24-9-16-7-5-4-6-8-16/h4-8H,9-12H2,1-3H3,(H,19,23). The summed E-state index contributed by atoms with van der Waals surface area (Å²) in [4.78, 5) is 45.8. The van der Waals surface area contributed by atoms with E-state index < -0.39 is 29.5 Å². The number of alkyl carbamates (subject to hydrolysis) is 1. The average molecular weight is 381 g/mol. The van der Waals surface area contributed by atoms with Crippen LogP contribution in [0.15, 0.2) is 30.3 Å². The third-order valence-corrected chi connectivity index (χ3v) is 3.24. The third-order valence-electron chi connectivity index (χ3n) is 3.24. The van der Waals surface area contributed by atoms with E-state index in [1.165, 1.54) is 20.8 Å². The van der Waals surface area contributed by atoms with Crippen LogP contribution in [0.5, 0.6) is 0 Å². The van der Waals surface area contributed by atoms with Gasteiger partial charge < -0.3 is 24.3 Å². The molecule has 9 heteroatoms. The highest BCUT2D eigenvalue weighted by Gasteiger charge is 2.37. The quantitative estimate of drug-likeness (QED) is 0.503. The molecule has 0 aliphatic rings. The molecule has 0 spiro atoms. The van der Waals surface area contributed by atoms with Crippen LogP contribution in [0.4, 0.5) is 4.79 Å². The second-order valence-electron chi connectivity index (χ2n) is 5.81. The molecule has 1 aromatic rings. The topological polar surface area (TPSA) is 117 Å². The molecule has 0 aliphatic carbocycles. The fraction of sp³-hybridized carbons (Fsp3) is 0.444. The Morgan fingerprint density at radius 1 is 0.778 bits per heavy atom. The lowest BCUT2D eigenvalue weighted by Gasteiger charge is -2.32. The van der Waals surface area contributed by atoms with E-state index in [0.717, 1.165) is 5.56 Å². The first-order chi connectivity index (χ1) is 12.7. The van der Waals surface area contributed by atoms with E-state index in [2.05, 4.69) is 5.32 Å². The van der Waals surface area contributed by atoms with E-state index in [1.54, 1.807) is 24.3 Å². The van der Waals surface area contributed by atoms with Gasteiger partial charge in [0, 0.05) is 20.8 Å². The normalized spacial score (nSPS) is 10.5. The Balaban J connectivity index is 2.85. The number of hydrogen-bond donors (Lipinski definition) is 1. The van der Waals surface area contributed by atoms with E-state index in [-0.39, 0.29) is 26.4 Å². The SMILES string of the molecule is CC(=O)OCC(COC(C)=O)(COC(C)=O)NC(=O)OCc1ccccc1. The molecule has 0 unspecified atom stereocenters. The van der Waals surface area contributed by atoms with E-state index in [0.29, 0.717) is 0 Å². The monoisotopic (exact) mass is 381 g/mol. The fourth-order valence-electron chi connectivity index (χ4n) is 1.93. The van der Waals surface area contributed by atoms with Crippen molar-refractivity contribution in [3.05, 3.63) is 35.9 Å². The van der Waals surface area contributed by atoms with Crippen LogP contribution in [0.25, 0.3) is 0 Å². The molecule has 0 fully saturated rings. The van der Waals surface area contributed by atoms with Crippen molar-refractivity contribution in [1.29, 1.82) is 0 Å². The Hall–Kier alpha value is -3.10. The molecule has 0 radical (unpaired) electrons. The summed E-state index contributed by atoms with van der Waals surface area (Å²) in [5.41, 5.74) is -0.727. The van der Waals surface area contributed by atoms with Crippen LogP contribution in [-0.2, 0) is 39.9 Å². The molecule has 0 bridgehead atoms. The van der Waals surface area contributed by atoms with Crippen molar-refractivity contribution in [2.75, 3.05) is 19.8 Å². The van der Waals surface area contributed by atoms with Crippen LogP contribution in [0.2, 0.25) is 0 Å². The smallest absolute Gasteiger partial charge is 0.408 e. The molecule has 148 valence electrons. The van der Waals surface area contributed by atoms with Gasteiger partial charge in [-0.05, 0) is 5.56 Å². The maximum Gasteiger partial charge on any atom is 0.408 e. The largest absolute Gasteiger partial charge is 0.463 e. The van der Waals surface area contributed by atoms with Crippen molar-refractivity contribution in [2.45, 2.75) is 32.9 Å². The molecular formula is C18H23NO8. The summed E-state index contributed by atoms with van der Waals surface area (Å²) >= 11 is 0. The van der Waals surface area contributed by atoms with Gasteiger partial charge >= 0.3 is 24.0 Å². The van der Waals surface area contributed by atoms with Crippen molar-refractivity contribution < 1.29 is 38.1 Å². The summed E-state index contributed by atoms with van der Waals surface area (Å²) in [5, 5.41) is 2.47. The summed E-state index contributed by atoms with van der Waals surface area (Å²) in [5.74, 6) is -1.86. The lowest BCUT2D eigenvalue weighted by atomic mass is 10.0. The first kappa shape index (κ1) is 21.9. The number of carbonyl (C=O) groups is 4. The van der Waals surface area contributed by atoms with Crippen LogP contribution in [0.1, 0.15) is 26.3 Å². The average Bonchev–Trinajstić information content (AvgIpc) is 2.62. The molecule has 1 rings (SSSR count). The summed E-state index contributed by atoms with van der Waals surface area (Å²) in [6.45, 7) is 2.37. The Bertz CT molecular complexity index is 613. The van der Waals surface area contributed by atoms with E-state index in [4.69, 9.17) is 18.9 Å². The maximum absolute atomic E-state index is 12.2. The van der Waals surface area contributed by atoms with Crippen molar-refractivity contribution in [3.63, 3.8) is 0 Å². The van der Waals surface area contributed by atoms with Crippen LogP contribution in [-0.4, -0.2) is 49.4 Å². The number of amides is 1. The predicted octanol–water partition coefficient (Wildman–Crippen LogP) is 1.34. The van der Waals surface area contributed by atoms with Gasteiger partial charge in [0.15, 0.2) is 0 Å². The molecule has 0 atom stereocenters. The molecule has 0 heterocycles. The van der Waals surface area contributed by atoms with Gasteiger partial charge in [0.25, 0.3) is 0 Å². The van der Waals surface area contributed by atoms with Gasteiger partial charge in [-0.3, -0.25) is 14.4 Å². The van der Waals surface area contributed by atoms with Crippen molar-refractivity contribution >= 4 is 24.0 Å². The van der Waals surface area contributed by atoms with Gasteiger partial charge in [-0.15, -0.1) is 0 Å². The van der Waals surface area contributed by atoms with Gasteiger partial charge in [0.2, 0.25) is 0 Å². The number of rotatable bonds is 9. The first-order valence-electron chi connectivity index (χ1n) is 8.11. The van der Waals surface area contributed by atoms with Crippen LogP contribution in [0.3, 0.4) is 0 Å². The summed E-state index contributed by atoms with van der Waals surface area (Å²) in [6.07, 6.45) is -0.856. The molecule has 1 aromatic carbocycles. The molecule has 0 saturated heterocycles. The van der Waals surface area contributed by atoms with Crippen LogP contribution in [0, 0.1) is 0 Å². The summed E-state index contributed by atoms with van der Waals surface area (Å²) in [6, 6.07) is 8.96. The minimum atomic E-state index is -1.49. The van der Waals surface area contributed by atoms with Gasteiger partial charge in [-0.25, -0.2) is 4.79 Å². The highest BCUT2D eigenvalue weighted by Crippen LogP contribution is 2.11. The number of esters is 3. The van der Waals surface area contributed by atoms with E-state index in [1.807, 2.05) is 6.07 Å². The zero-order chi connectivity index (χ0) is 20.3. The van der Waals surface area contributed by atoms with Crippen molar-refractivity contribution in [2.24, 2.45) is 0 Å². The van der Waals surface area contributed by atoms with E-state index >= 15 is 0 Å². The minimum Gasteiger partial charge on any atom is -0.463 e. The molecule has 9 nitrogen and oxygen atoms in total. The fourth-order valence-corrected chi connectivity index (χ4v) is 1.93. The third kappa shape index (κ3) is 9.24. The molecule has 0 saturated carbocycles. The Morgan fingerprint density at radius 2 is 1.22 bits per heavy atom. The zero-order valence-corrected chi connectivity index (χ0v) is 15.5. The predicted molar refractivity (Wildman–Crippen MR) is 92.4 cm³/mol. The van der Waals surface area contributed by atoms with E-state index in [9.17, 15) is 19.2 Å². The number of benzene rings is 1. The minimum absolute atomic E-state index is 0.00253. The molecule has 0 aromatic heterocycles. The summed E-state index contributed by atoms with van der Waals surface area (Å²) < 4.78 is 20.0. The maximum atomic E-state index is 12.2. The molecule has 27 heavy (non-hydrogen) atoms. The Kier molecular flexibility index (Phi) is 8.77. The zero-order valence-electron chi connectivity index (χ0n) is 15.5. The number of ether oxygens (including phenoxy) is 4. The second kappa shape index (κ2) is 10.8. The highest BCUT2D eigenvalue weighted by molar-refractivity contribution is 5.70. The van der Waals surface area contributed by atoms with Crippen LogP contribution < -0.4 is 5.32 Å².